The molecular formula is C24H25N5O4S. The topological polar surface area (TPSA) is 127 Å². The largest absolute Gasteiger partial charge is 0.477 e. The van der Waals surface area contributed by atoms with Crippen LogP contribution >= 0.6 is 11.5 Å². The minimum Gasteiger partial charge on any atom is -0.477 e. The van der Waals surface area contributed by atoms with Crippen LogP contribution in [0.5, 0.6) is 5.88 Å². The summed E-state index contributed by atoms with van der Waals surface area (Å²) in [6.45, 7) is 7.33. The third-order valence-corrected chi connectivity index (χ3v) is 5.35. The molecule has 0 bridgehead atoms. The number of rotatable bonds is 8. The van der Waals surface area contributed by atoms with Gasteiger partial charge in [-0.15, -0.1) is 0 Å². The molecular weight excluding hydrogens is 454 g/mol. The first-order valence-corrected chi connectivity index (χ1v) is 11.3. The molecule has 1 N–H and O–H groups in total. The molecule has 0 aliphatic heterocycles. The SMILES string of the molecule is Cc1nsc(Cc2cc(C#N)ccn2)c1C(=O)Nc1ccc(OCCC(=O)OC(C)(C)C)nc1. The van der Waals surface area contributed by atoms with Crippen LogP contribution in [-0.2, 0) is 16.0 Å². The summed E-state index contributed by atoms with van der Waals surface area (Å²) in [5, 5.41) is 11.9. The first-order valence-electron chi connectivity index (χ1n) is 10.6. The van der Waals surface area contributed by atoms with Crippen LogP contribution in [0.4, 0.5) is 5.69 Å². The molecule has 0 unspecified atom stereocenters. The molecule has 0 saturated carbocycles. The van der Waals surface area contributed by atoms with Crippen molar-refractivity contribution in [3.8, 4) is 11.9 Å². The van der Waals surface area contributed by atoms with Crippen molar-refractivity contribution in [1.29, 1.82) is 5.26 Å². The van der Waals surface area contributed by atoms with E-state index < -0.39 is 5.60 Å². The molecule has 34 heavy (non-hydrogen) atoms. The highest BCUT2D eigenvalue weighted by Gasteiger charge is 2.20. The van der Waals surface area contributed by atoms with E-state index in [1.54, 1.807) is 58.2 Å². The van der Waals surface area contributed by atoms with E-state index in [1.807, 2.05) is 0 Å². The zero-order chi connectivity index (χ0) is 24.7. The molecule has 0 aromatic carbocycles. The maximum atomic E-state index is 12.9. The second-order valence-electron chi connectivity index (χ2n) is 8.41. The summed E-state index contributed by atoms with van der Waals surface area (Å²) in [4.78, 5) is 33.9. The number of nitrogens with zero attached hydrogens (tertiary/aromatic N) is 4. The highest BCUT2D eigenvalue weighted by Crippen LogP contribution is 2.23. The fourth-order valence-corrected chi connectivity index (χ4v) is 3.88. The smallest absolute Gasteiger partial charge is 0.309 e. The predicted octanol–water partition coefficient (Wildman–Crippen LogP) is 4.07. The predicted molar refractivity (Wildman–Crippen MR) is 127 cm³/mol. The van der Waals surface area contributed by atoms with E-state index in [9.17, 15) is 9.59 Å². The number of carbonyl (C=O) groups excluding carboxylic acids is 2. The van der Waals surface area contributed by atoms with Crippen molar-refractivity contribution in [3.63, 3.8) is 0 Å². The first-order chi connectivity index (χ1) is 16.1. The van der Waals surface area contributed by atoms with Crippen LogP contribution in [0.25, 0.3) is 0 Å². The molecule has 9 nitrogen and oxygen atoms in total. The lowest BCUT2D eigenvalue weighted by Gasteiger charge is -2.19. The Bertz CT molecular complexity index is 1210. The Labute approximate surface area is 201 Å². The standard InChI is InChI=1S/C24H25N5O4S/c1-15-22(19(34-29-15)12-18-11-16(13-25)7-9-26-18)23(31)28-17-5-6-20(27-14-17)32-10-8-21(30)33-24(2,3)4/h5-7,9,11,14H,8,10,12H2,1-4H3,(H,28,31). The van der Waals surface area contributed by atoms with Gasteiger partial charge in [0.25, 0.3) is 5.91 Å². The lowest BCUT2D eigenvalue weighted by atomic mass is 10.1. The Morgan fingerprint density at radius 1 is 1.21 bits per heavy atom. The highest BCUT2D eigenvalue weighted by atomic mass is 32.1. The number of ether oxygens (including phenoxy) is 2. The van der Waals surface area contributed by atoms with Crippen LogP contribution in [0.15, 0.2) is 36.7 Å². The van der Waals surface area contributed by atoms with Gasteiger partial charge in [-0.05, 0) is 57.4 Å². The molecule has 1 amide bonds. The zero-order valence-electron chi connectivity index (χ0n) is 19.4. The summed E-state index contributed by atoms with van der Waals surface area (Å²) in [6, 6.07) is 8.70. The summed E-state index contributed by atoms with van der Waals surface area (Å²) in [7, 11) is 0. The molecule has 3 rings (SSSR count). The molecule has 0 aliphatic carbocycles. The Balaban J connectivity index is 1.59. The number of anilines is 1. The first kappa shape index (κ1) is 24.8. The van der Waals surface area contributed by atoms with Crippen molar-refractivity contribution in [1.82, 2.24) is 14.3 Å². The molecule has 10 heteroatoms. The van der Waals surface area contributed by atoms with Gasteiger partial charge in [0.15, 0.2) is 0 Å². The van der Waals surface area contributed by atoms with Gasteiger partial charge in [0.05, 0.1) is 41.2 Å². The monoisotopic (exact) mass is 479 g/mol. The van der Waals surface area contributed by atoms with Crippen LogP contribution in [0.3, 0.4) is 0 Å². The number of nitriles is 1. The minimum atomic E-state index is -0.539. The average molecular weight is 480 g/mol. The Hall–Kier alpha value is -3.84. The zero-order valence-corrected chi connectivity index (χ0v) is 20.2. The Morgan fingerprint density at radius 3 is 2.68 bits per heavy atom. The van der Waals surface area contributed by atoms with E-state index >= 15 is 0 Å². The van der Waals surface area contributed by atoms with Crippen molar-refractivity contribution in [3.05, 3.63) is 64.1 Å². The number of amides is 1. The second-order valence-corrected chi connectivity index (χ2v) is 9.27. The molecule has 0 fully saturated rings. The van der Waals surface area contributed by atoms with E-state index in [1.165, 1.54) is 17.7 Å². The molecule has 0 atom stereocenters. The molecule has 3 heterocycles. The number of carbonyl (C=O) groups is 2. The van der Waals surface area contributed by atoms with Gasteiger partial charge in [0.2, 0.25) is 5.88 Å². The number of hydrogen-bond donors (Lipinski definition) is 1. The average Bonchev–Trinajstić information content (AvgIpc) is 3.13. The summed E-state index contributed by atoms with van der Waals surface area (Å²) in [6.07, 6.45) is 3.56. The van der Waals surface area contributed by atoms with E-state index in [-0.39, 0.29) is 24.9 Å². The third kappa shape index (κ3) is 7.08. The van der Waals surface area contributed by atoms with Gasteiger partial charge < -0.3 is 14.8 Å². The highest BCUT2D eigenvalue weighted by molar-refractivity contribution is 7.06. The number of hydrogen-bond acceptors (Lipinski definition) is 9. The van der Waals surface area contributed by atoms with E-state index in [0.29, 0.717) is 40.5 Å². The Kier molecular flexibility index (Phi) is 7.91. The summed E-state index contributed by atoms with van der Waals surface area (Å²) < 4.78 is 15.0. The van der Waals surface area contributed by atoms with Crippen LogP contribution in [-0.4, -0.2) is 38.4 Å². The van der Waals surface area contributed by atoms with Gasteiger partial charge in [0.1, 0.15) is 12.2 Å². The van der Waals surface area contributed by atoms with Crippen molar-refractivity contribution < 1.29 is 19.1 Å². The minimum absolute atomic E-state index is 0.108. The molecule has 3 aromatic rings. The van der Waals surface area contributed by atoms with Gasteiger partial charge in [-0.3, -0.25) is 14.6 Å². The number of esters is 1. The van der Waals surface area contributed by atoms with Gasteiger partial charge in [-0.25, -0.2) is 4.98 Å². The van der Waals surface area contributed by atoms with Crippen molar-refractivity contribution in [2.24, 2.45) is 0 Å². The van der Waals surface area contributed by atoms with Gasteiger partial charge in [-0.2, -0.15) is 9.64 Å². The van der Waals surface area contributed by atoms with Crippen molar-refractivity contribution in [2.75, 3.05) is 11.9 Å². The lowest BCUT2D eigenvalue weighted by Crippen LogP contribution is -2.24. The summed E-state index contributed by atoms with van der Waals surface area (Å²) in [5.74, 6) is -0.321. The molecule has 0 saturated heterocycles. The fourth-order valence-electron chi connectivity index (χ4n) is 3.00. The van der Waals surface area contributed by atoms with Gasteiger partial charge in [0, 0.05) is 29.3 Å². The number of aryl methyl sites for hydroxylation is 1. The molecule has 0 spiro atoms. The second kappa shape index (κ2) is 10.9. The van der Waals surface area contributed by atoms with E-state index in [4.69, 9.17) is 14.7 Å². The van der Waals surface area contributed by atoms with Crippen molar-refractivity contribution >= 4 is 29.1 Å². The van der Waals surface area contributed by atoms with E-state index in [2.05, 4.69) is 25.7 Å². The van der Waals surface area contributed by atoms with Crippen LogP contribution in [0.2, 0.25) is 0 Å². The quantitative estimate of drug-likeness (QED) is 0.479. The third-order valence-electron chi connectivity index (χ3n) is 4.42. The maximum absolute atomic E-state index is 12.9. The van der Waals surface area contributed by atoms with Crippen LogP contribution in [0.1, 0.15) is 59.4 Å². The van der Waals surface area contributed by atoms with Gasteiger partial charge >= 0.3 is 5.97 Å². The number of aromatic nitrogens is 3. The lowest BCUT2D eigenvalue weighted by molar-refractivity contribution is -0.155. The molecule has 0 aliphatic rings. The van der Waals surface area contributed by atoms with E-state index in [0.717, 1.165) is 4.88 Å². The molecule has 3 aromatic heterocycles. The van der Waals surface area contributed by atoms with Crippen molar-refractivity contribution in [2.45, 2.75) is 46.1 Å². The summed E-state index contributed by atoms with van der Waals surface area (Å²) >= 11 is 1.23. The number of nitrogens with one attached hydrogen (secondary N) is 1. The molecule has 0 radical (unpaired) electrons. The normalized spacial score (nSPS) is 10.9. The molecule has 176 valence electrons. The fraction of sp³-hybridized carbons (Fsp3) is 0.333. The Morgan fingerprint density at radius 2 is 2.00 bits per heavy atom. The summed E-state index contributed by atoms with van der Waals surface area (Å²) in [5.41, 5.74) is 2.24. The van der Waals surface area contributed by atoms with Crippen LogP contribution in [0, 0.1) is 18.3 Å². The maximum Gasteiger partial charge on any atom is 0.309 e. The van der Waals surface area contributed by atoms with Gasteiger partial charge in [-0.1, -0.05) is 0 Å². The van der Waals surface area contributed by atoms with Crippen LogP contribution < -0.4 is 10.1 Å². The number of pyridine rings is 2.